The second kappa shape index (κ2) is 4.83. The van der Waals surface area contributed by atoms with Gasteiger partial charge >= 0.3 is 0 Å². The number of aromatic nitrogens is 2. The molecular formula is C13H14N4O. The van der Waals surface area contributed by atoms with E-state index in [9.17, 15) is 4.79 Å². The van der Waals surface area contributed by atoms with Crippen molar-refractivity contribution in [2.24, 2.45) is 0 Å². The van der Waals surface area contributed by atoms with Crippen molar-refractivity contribution in [1.82, 2.24) is 9.97 Å². The van der Waals surface area contributed by atoms with Crippen molar-refractivity contribution in [2.45, 2.75) is 13.8 Å². The van der Waals surface area contributed by atoms with Crippen LogP contribution in [0.3, 0.4) is 0 Å². The van der Waals surface area contributed by atoms with Gasteiger partial charge in [-0.1, -0.05) is 0 Å². The van der Waals surface area contributed by atoms with Gasteiger partial charge in [-0.25, -0.2) is 4.98 Å². The molecule has 0 aliphatic carbocycles. The first-order chi connectivity index (χ1) is 8.56. The number of rotatable bonds is 2. The summed E-state index contributed by atoms with van der Waals surface area (Å²) in [6, 6.07) is 3.53. The third-order valence-electron chi connectivity index (χ3n) is 2.47. The van der Waals surface area contributed by atoms with Crippen LogP contribution in [-0.2, 0) is 0 Å². The summed E-state index contributed by atoms with van der Waals surface area (Å²) in [5.74, 6) is 0.280. The van der Waals surface area contributed by atoms with Gasteiger partial charge in [-0.15, -0.1) is 0 Å². The maximum atomic E-state index is 12.0. The van der Waals surface area contributed by atoms with Crippen molar-refractivity contribution in [3.05, 3.63) is 47.4 Å². The summed E-state index contributed by atoms with van der Waals surface area (Å²) in [7, 11) is 0. The van der Waals surface area contributed by atoms with E-state index in [-0.39, 0.29) is 5.91 Å². The van der Waals surface area contributed by atoms with E-state index in [2.05, 4.69) is 15.3 Å². The van der Waals surface area contributed by atoms with E-state index < -0.39 is 0 Å². The third-order valence-corrected chi connectivity index (χ3v) is 2.47. The molecule has 0 unspecified atom stereocenters. The van der Waals surface area contributed by atoms with Crippen molar-refractivity contribution in [1.29, 1.82) is 0 Å². The summed E-state index contributed by atoms with van der Waals surface area (Å²) in [6.07, 6.45) is 4.73. The Kier molecular flexibility index (Phi) is 3.23. The van der Waals surface area contributed by atoms with Gasteiger partial charge in [0.1, 0.15) is 5.82 Å². The molecule has 0 atom stereocenters. The van der Waals surface area contributed by atoms with Crippen LogP contribution in [0.2, 0.25) is 0 Å². The maximum Gasteiger partial charge on any atom is 0.258 e. The summed E-state index contributed by atoms with van der Waals surface area (Å²) < 4.78 is 0. The van der Waals surface area contributed by atoms with Crippen LogP contribution in [0.15, 0.2) is 30.7 Å². The van der Waals surface area contributed by atoms with E-state index in [1.54, 1.807) is 18.3 Å². The summed E-state index contributed by atoms with van der Waals surface area (Å²) >= 11 is 0. The number of hydrogen-bond acceptors (Lipinski definition) is 4. The van der Waals surface area contributed by atoms with E-state index in [1.165, 1.54) is 12.4 Å². The van der Waals surface area contributed by atoms with Crippen molar-refractivity contribution < 1.29 is 4.79 Å². The standard InChI is InChI=1S/C13H14N4O/c1-8-3-10(6-15-5-8)13(18)17-12-9(2)4-11(14)7-16-12/h3-7H,14H2,1-2H3,(H,16,17,18). The number of pyridine rings is 2. The fourth-order valence-electron chi connectivity index (χ4n) is 1.59. The topological polar surface area (TPSA) is 80.9 Å². The van der Waals surface area contributed by atoms with Crippen LogP contribution in [-0.4, -0.2) is 15.9 Å². The van der Waals surface area contributed by atoms with Gasteiger partial charge in [0, 0.05) is 12.4 Å². The Balaban J connectivity index is 2.21. The Hall–Kier alpha value is -2.43. The average molecular weight is 242 g/mol. The largest absolute Gasteiger partial charge is 0.397 e. The van der Waals surface area contributed by atoms with Crippen molar-refractivity contribution >= 4 is 17.4 Å². The molecule has 0 aliphatic rings. The predicted molar refractivity (Wildman–Crippen MR) is 70.3 cm³/mol. The molecule has 2 rings (SSSR count). The number of nitrogens with zero attached hydrogens (tertiary/aromatic N) is 2. The molecule has 1 amide bonds. The number of aryl methyl sites for hydroxylation is 2. The first-order valence-corrected chi connectivity index (χ1v) is 5.51. The number of carbonyl (C=O) groups is 1. The van der Waals surface area contributed by atoms with E-state index >= 15 is 0 Å². The molecule has 0 spiro atoms. The quantitative estimate of drug-likeness (QED) is 0.843. The molecule has 18 heavy (non-hydrogen) atoms. The number of nitrogen functional groups attached to an aromatic ring is 1. The van der Waals surface area contributed by atoms with Crippen LogP contribution in [0.1, 0.15) is 21.5 Å². The Bertz CT molecular complexity index is 595. The maximum absolute atomic E-state index is 12.0. The van der Waals surface area contributed by atoms with Gasteiger partial charge in [-0.05, 0) is 37.1 Å². The normalized spacial score (nSPS) is 10.1. The molecule has 0 radical (unpaired) electrons. The number of carbonyl (C=O) groups excluding carboxylic acids is 1. The first kappa shape index (κ1) is 12.0. The highest BCUT2D eigenvalue weighted by Gasteiger charge is 2.09. The molecule has 0 aliphatic heterocycles. The molecule has 0 saturated carbocycles. The van der Waals surface area contributed by atoms with Crippen LogP contribution < -0.4 is 11.1 Å². The highest BCUT2D eigenvalue weighted by molar-refractivity contribution is 6.04. The van der Waals surface area contributed by atoms with Gasteiger partial charge in [0.2, 0.25) is 0 Å². The minimum atomic E-state index is -0.230. The minimum Gasteiger partial charge on any atom is -0.397 e. The van der Waals surface area contributed by atoms with Gasteiger partial charge in [-0.3, -0.25) is 9.78 Å². The Morgan fingerprint density at radius 1 is 1.22 bits per heavy atom. The number of amides is 1. The smallest absolute Gasteiger partial charge is 0.258 e. The second-order valence-corrected chi connectivity index (χ2v) is 4.14. The fraction of sp³-hybridized carbons (Fsp3) is 0.154. The second-order valence-electron chi connectivity index (χ2n) is 4.14. The Morgan fingerprint density at radius 3 is 2.67 bits per heavy atom. The molecular weight excluding hydrogens is 228 g/mol. The summed E-state index contributed by atoms with van der Waals surface area (Å²) in [5, 5.41) is 2.74. The third kappa shape index (κ3) is 2.63. The zero-order valence-corrected chi connectivity index (χ0v) is 10.3. The highest BCUT2D eigenvalue weighted by Crippen LogP contribution is 2.15. The minimum absolute atomic E-state index is 0.230. The fourth-order valence-corrected chi connectivity index (χ4v) is 1.59. The first-order valence-electron chi connectivity index (χ1n) is 5.51. The van der Waals surface area contributed by atoms with Crippen molar-refractivity contribution in [3.63, 3.8) is 0 Å². The molecule has 0 bridgehead atoms. The number of hydrogen-bond donors (Lipinski definition) is 2. The molecule has 0 aromatic carbocycles. The monoisotopic (exact) mass is 242 g/mol. The summed E-state index contributed by atoms with van der Waals surface area (Å²) in [4.78, 5) is 20.1. The van der Waals surface area contributed by atoms with Gasteiger partial charge in [0.25, 0.3) is 5.91 Å². The molecule has 2 aromatic rings. The molecule has 5 heteroatoms. The average Bonchev–Trinajstić information content (AvgIpc) is 2.32. The van der Waals surface area contributed by atoms with Gasteiger partial charge < -0.3 is 11.1 Å². The molecule has 2 heterocycles. The Morgan fingerprint density at radius 2 is 2.00 bits per heavy atom. The zero-order valence-electron chi connectivity index (χ0n) is 10.3. The molecule has 3 N–H and O–H groups in total. The Labute approximate surface area is 105 Å². The molecule has 5 nitrogen and oxygen atoms in total. The van der Waals surface area contributed by atoms with Crippen LogP contribution in [0, 0.1) is 13.8 Å². The van der Waals surface area contributed by atoms with E-state index in [0.29, 0.717) is 17.1 Å². The van der Waals surface area contributed by atoms with E-state index in [4.69, 9.17) is 5.73 Å². The molecule has 0 saturated heterocycles. The lowest BCUT2D eigenvalue weighted by Gasteiger charge is -2.07. The number of anilines is 2. The summed E-state index contributed by atoms with van der Waals surface area (Å²) in [5.41, 5.74) is 8.44. The van der Waals surface area contributed by atoms with Crippen LogP contribution in [0.25, 0.3) is 0 Å². The van der Waals surface area contributed by atoms with Crippen LogP contribution >= 0.6 is 0 Å². The lowest BCUT2D eigenvalue weighted by atomic mass is 10.2. The van der Waals surface area contributed by atoms with Crippen molar-refractivity contribution in [3.8, 4) is 0 Å². The lowest BCUT2D eigenvalue weighted by Crippen LogP contribution is -2.14. The molecule has 2 aromatic heterocycles. The van der Waals surface area contributed by atoms with Gasteiger partial charge in [0.05, 0.1) is 17.4 Å². The van der Waals surface area contributed by atoms with E-state index in [0.717, 1.165) is 11.1 Å². The van der Waals surface area contributed by atoms with Gasteiger partial charge in [-0.2, -0.15) is 0 Å². The lowest BCUT2D eigenvalue weighted by molar-refractivity contribution is 0.102. The zero-order chi connectivity index (χ0) is 13.1. The number of nitrogens with one attached hydrogen (secondary N) is 1. The molecule has 92 valence electrons. The number of nitrogens with two attached hydrogens (primary N) is 1. The highest BCUT2D eigenvalue weighted by atomic mass is 16.1. The molecule has 0 fully saturated rings. The van der Waals surface area contributed by atoms with Crippen LogP contribution in [0.4, 0.5) is 11.5 Å². The summed E-state index contributed by atoms with van der Waals surface area (Å²) in [6.45, 7) is 3.73. The predicted octanol–water partition coefficient (Wildman–Crippen LogP) is 1.93. The van der Waals surface area contributed by atoms with Crippen LogP contribution in [0.5, 0.6) is 0 Å². The SMILES string of the molecule is Cc1cncc(C(=O)Nc2ncc(N)cc2C)c1. The van der Waals surface area contributed by atoms with Crippen molar-refractivity contribution in [2.75, 3.05) is 11.1 Å². The van der Waals surface area contributed by atoms with Gasteiger partial charge in [0.15, 0.2) is 0 Å². The van der Waals surface area contributed by atoms with E-state index in [1.807, 2.05) is 13.8 Å².